The van der Waals surface area contributed by atoms with Crippen molar-refractivity contribution >= 4 is 5.82 Å². The van der Waals surface area contributed by atoms with Gasteiger partial charge in [0.05, 0.1) is 0 Å². The van der Waals surface area contributed by atoms with Crippen LogP contribution >= 0.6 is 0 Å². The molecule has 3 nitrogen and oxygen atoms in total. The predicted molar refractivity (Wildman–Crippen MR) is 56.6 cm³/mol. The van der Waals surface area contributed by atoms with Crippen LogP contribution in [0.2, 0.25) is 0 Å². The van der Waals surface area contributed by atoms with Crippen molar-refractivity contribution in [2.45, 2.75) is 6.92 Å². The molecule has 0 aliphatic rings. The molecule has 0 saturated carbocycles. The Bertz CT molecular complexity index is 497. The molecule has 1 aromatic carbocycles. The lowest BCUT2D eigenvalue weighted by Crippen LogP contribution is -1.97. The molecule has 4 heteroatoms. The van der Waals surface area contributed by atoms with Gasteiger partial charge >= 0.3 is 0 Å². The molecule has 0 unspecified atom stereocenters. The quantitative estimate of drug-likeness (QED) is 0.772. The summed E-state index contributed by atoms with van der Waals surface area (Å²) in [6, 6.07) is 4.81. The summed E-state index contributed by atoms with van der Waals surface area (Å²) in [6.45, 7) is 1.88. The van der Waals surface area contributed by atoms with E-state index in [-0.39, 0.29) is 11.6 Å². The van der Waals surface area contributed by atoms with Gasteiger partial charge in [0, 0.05) is 18.0 Å². The van der Waals surface area contributed by atoms with Crippen molar-refractivity contribution in [1.29, 1.82) is 0 Å². The van der Waals surface area contributed by atoms with Crippen LogP contribution in [0.15, 0.2) is 30.6 Å². The maximum absolute atomic E-state index is 13.5. The normalized spacial score (nSPS) is 10.3. The zero-order valence-corrected chi connectivity index (χ0v) is 8.24. The van der Waals surface area contributed by atoms with E-state index in [1.165, 1.54) is 18.5 Å². The van der Waals surface area contributed by atoms with Crippen molar-refractivity contribution in [3.63, 3.8) is 0 Å². The molecule has 0 spiro atoms. The van der Waals surface area contributed by atoms with Gasteiger partial charge in [-0.15, -0.1) is 0 Å². The molecule has 0 amide bonds. The van der Waals surface area contributed by atoms with E-state index in [0.717, 1.165) is 5.56 Å². The second kappa shape index (κ2) is 3.65. The molecule has 0 aliphatic heterocycles. The topological polar surface area (TPSA) is 51.8 Å². The zero-order chi connectivity index (χ0) is 10.8. The number of benzene rings is 1. The molecule has 0 radical (unpaired) electrons. The van der Waals surface area contributed by atoms with Gasteiger partial charge in [-0.2, -0.15) is 0 Å². The lowest BCUT2D eigenvalue weighted by Gasteiger charge is -2.05. The Kier molecular flexibility index (Phi) is 2.33. The number of nitrogens with zero attached hydrogens (tertiary/aromatic N) is 2. The van der Waals surface area contributed by atoms with Gasteiger partial charge in [-0.1, -0.05) is 11.6 Å². The number of halogens is 1. The number of nitrogen functional groups attached to an aromatic ring is 1. The summed E-state index contributed by atoms with van der Waals surface area (Å²) in [5.74, 6) is -0.102. The first-order chi connectivity index (χ1) is 7.18. The first-order valence-corrected chi connectivity index (χ1v) is 4.51. The lowest BCUT2D eigenvalue weighted by atomic mass is 10.1. The Hall–Kier alpha value is -1.97. The molecular weight excluding hydrogens is 193 g/mol. The van der Waals surface area contributed by atoms with Gasteiger partial charge in [0.15, 0.2) is 0 Å². The van der Waals surface area contributed by atoms with Gasteiger partial charge in [-0.05, 0) is 19.1 Å². The van der Waals surface area contributed by atoms with Gasteiger partial charge in [0.25, 0.3) is 0 Å². The minimum atomic E-state index is -0.340. The van der Waals surface area contributed by atoms with E-state index in [1.807, 2.05) is 6.92 Å². The van der Waals surface area contributed by atoms with Crippen LogP contribution in [-0.2, 0) is 0 Å². The van der Waals surface area contributed by atoms with Crippen LogP contribution in [0.4, 0.5) is 10.2 Å². The first-order valence-electron chi connectivity index (χ1n) is 4.51. The molecule has 0 fully saturated rings. The Morgan fingerprint density at radius 2 is 1.93 bits per heavy atom. The molecule has 15 heavy (non-hydrogen) atoms. The molecule has 1 aromatic heterocycles. The summed E-state index contributed by atoms with van der Waals surface area (Å²) in [7, 11) is 0. The number of rotatable bonds is 1. The third-order valence-corrected chi connectivity index (χ3v) is 2.10. The molecule has 0 aliphatic carbocycles. The highest BCUT2D eigenvalue weighted by atomic mass is 19.1. The van der Waals surface area contributed by atoms with Crippen LogP contribution < -0.4 is 5.73 Å². The van der Waals surface area contributed by atoms with Crippen LogP contribution in [0.5, 0.6) is 0 Å². The molecule has 0 saturated heterocycles. The first kappa shape index (κ1) is 9.58. The summed E-state index contributed by atoms with van der Waals surface area (Å²) in [5.41, 5.74) is 7.36. The summed E-state index contributed by atoms with van der Waals surface area (Å²) >= 11 is 0. The number of hydrogen-bond acceptors (Lipinski definition) is 3. The highest BCUT2D eigenvalue weighted by Crippen LogP contribution is 2.24. The SMILES string of the molecule is Cc1ccc(F)c(-c2nccnc2N)c1. The number of aryl methyl sites for hydroxylation is 1. The minimum absolute atomic E-state index is 0.238. The number of aromatic nitrogens is 2. The second-order valence-corrected chi connectivity index (χ2v) is 3.27. The predicted octanol–water partition coefficient (Wildman–Crippen LogP) is 2.17. The monoisotopic (exact) mass is 203 g/mol. The van der Waals surface area contributed by atoms with Crippen molar-refractivity contribution in [1.82, 2.24) is 9.97 Å². The van der Waals surface area contributed by atoms with Gasteiger partial charge in [0.1, 0.15) is 17.3 Å². The fourth-order valence-electron chi connectivity index (χ4n) is 1.38. The average molecular weight is 203 g/mol. The van der Waals surface area contributed by atoms with Crippen LogP contribution in [-0.4, -0.2) is 9.97 Å². The molecule has 0 atom stereocenters. The van der Waals surface area contributed by atoms with E-state index >= 15 is 0 Å². The maximum Gasteiger partial charge on any atom is 0.150 e. The van der Waals surface area contributed by atoms with Crippen LogP contribution in [0.1, 0.15) is 5.56 Å². The van der Waals surface area contributed by atoms with Crippen LogP contribution in [0.25, 0.3) is 11.3 Å². The Morgan fingerprint density at radius 1 is 1.20 bits per heavy atom. The summed E-state index contributed by atoms with van der Waals surface area (Å²) in [4.78, 5) is 7.90. The molecule has 2 N–H and O–H groups in total. The second-order valence-electron chi connectivity index (χ2n) is 3.27. The van der Waals surface area contributed by atoms with Gasteiger partial charge < -0.3 is 5.73 Å². The fraction of sp³-hybridized carbons (Fsp3) is 0.0909. The van der Waals surface area contributed by atoms with E-state index in [0.29, 0.717) is 11.3 Å². The fourth-order valence-corrected chi connectivity index (χ4v) is 1.38. The standard InChI is InChI=1S/C11H10FN3/c1-7-2-3-9(12)8(6-7)10-11(13)15-5-4-14-10/h2-6H,1H3,(H2,13,15). The smallest absolute Gasteiger partial charge is 0.150 e. The van der Waals surface area contributed by atoms with Crippen molar-refractivity contribution in [2.75, 3.05) is 5.73 Å². The summed E-state index contributed by atoms with van der Waals surface area (Å²) < 4.78 is 13.5. The van der Waals surface area contributed by atoms with E-state index in [4.69, 9.17) is 5.73 Å². The molecular formula is C11H10FN3. The third kappa shape index (κ3) is 1.79. The molecule has 1 heterocycles. The van der Waals surface area contributed by atoms with E-state index < -0.39 is 0 Å². The van der Waals surface area contributed by atoms with Crippen molar-refractivity contribution in [3.05, 3.63) is 42.0 Å². The molecule has 76 valence electrons. The number of hydrogen-bond donors (Lipinski definition) is 1. The highest BCUT2D eigenvalue weighted by molar-refractivity contribution is 5.70. The zero-order valence-electron chi connectivity index (χ0n) is 8.24. The van der Waals surface area contributed by atoms with E-state index in [2.05, 4.69) is 9.97 Å². The third-order valence-electron chi connectivity index (χ3n) is 2.10. The molecule has 2 rings (SSSR count). The van der Waals surface area contributed by atoms with Crippen molar-refractivity contribution in [2.24, 2.45) is 0 Å². The number of anilines is 1. The van der Waals surface area contributed by atoms with Gasteiger partial charge in [-0.3, -0.25) is 4.98 Å². The minimum Gasteiger partial charge on any atom is -0.382 e. The molecule has 2 aromatic rings. The lowest BCUT2D eigenvalue weighted by molar-refractivity contribution is 0.630. The van der Waals surface area contributed by atoms with E-state index in [9.17, 15) is 4.39 Å². The summed E-state index contributed by atoms with van der Waals surface area (Å²) in [5, 5.41) is 0. The van der Waals surface area contributed by atoms with Gasteiger partial charge in [0.2, 0.25) is 0 Å². The van der Waals surface area contributed by atoms with Gasteiger partial charge in [-0.25, -0.2) is 9.37 Å². The van der Waals surface area contributed by atoms with Crippen LogP contribution in [0, 0.1) is 12.7 Å². The van der Waals surface area contributed by atoms with Crippen molar-refractivity contribution in [3.8, 4) is 11.3 Å². The Labute approximate surface area is 86.8 Å². The number of nitrogens with two attached hydrogens (primary N) is 1. The Balaban J connectivity index is 2.64. The van der Waals surface area contributed by atoms with E-state index in [1.54, 1.807) is 12.1 Å². The largest absolute Gasteiger partial charge is 0.382 e. The Morgan fingerprint density at radius 3 is 2.67 bits per heavy atom. The highest BCUT2D eigenvalue weighted by Gasteiger charge is 2.09. The van der Waals surface area contributed by atoms with Crippen LogP contribution in [0.3, 0.4) is 0 Å². The average Bonchev–Trinajstić information content (AvgIpc) is 2.23. The van der Waals surface area contributed by atoms with Crippen molar-refractivity contribution < 1.29 is 4.39 Å². The summed E-state index contributed by atoms with van der Waals surface area (Å²) in [6.07, 6.45) is 2.97. The maximum atomic E-state index is 13.5. The molecule has 0 bridgehead atoms.